The van der Waals surface area contributed by atoms with Crippen molar-refractivity contribution in [2.45, 2.75) is 6.54 Å². The minimum absolute atomic E-state index is 0.736. The second kappa shape index (κ2) is 5.23. The van der Waals surface area contributed by atoms with Crippen LogP contribution in [0.3, 0.4) is 0 Å². The van der Waals surface area contributed by atoms with Crippen LogP contribution in [0.2, 0.25) is 0 Å². The average Bonchev–Trinajstić information content (AvgIpc) is 2.74. The number of hydrogen-bond donors (Lipinski definition) is 1. The highest BCUT2D eigenvalue weighted by Crippen LogP contribution is 2.27. The molecule has 5 heteroatoms. The Hall–Kier alpha value is -1.49. The van der Waals surface area contributed by atoms with Gasteiger partial charge >= 0.3 is 0 Å². The normalized spacial score (nSPS) is 10.3. The molecule has 0 aliphatic heterocycles. The van der Waals surface area contributed by atoms with Crippen LogP contribution >= 0.6 is 15.9 Å². The number of aromatic nitrogens is 2. The zero-order valence-corrected chi connectivity index (χ0v) is 11.4. The molecule has 0 unspecified atom stereocenters. The van der Waals surface area contributed by atoms with Crippen molar-refractivity contribution in [3.8, 4) is 5.75 Å². The number of anilines is 1. The molecular weight excluding hydrogens is 282 g/mol. The second-order valence-corrected chi connectivity index (χ2v) is 4.58. The Bertz CT molecular complexity index is 510. The summed E-state index contributed by atoms with van der Waals surface area (Å²) < 4.78 is 7.99. The van der Waals surface area contributed by atoms with Crippen molar-refractivity contribution in [3.63, 3.8) is 0 Å². The molecule has 0 fully saturated rings. The molecule has 2 rings (SSSR count). The molecule has 0 spiro atoms. The van der Waals surface area contributed by atoms with E-state index in [9.17, 15) is 0 Å². The number of hydrogen-bond acceptors (Lipinski definition) is 3. The third kappa shape index (κ3) is 3.00. The van der Waals surface area contributed by atoms with Gasteiger partial charge in [-0.2, -0.15) is 5.10 Å². The Morgan fingerprint density at radius 1 is 1.47 bits per heavy atom. The minimum Gasteiger partial charge on any atom is -0.497 e. The molecular formula is C12H14BrN3O. The lowest BCUT2D eigenvalue weighted by Crippen LogP contribution is -1.99. The van der Waals surface area contributed by atoms with Gasteiger partial charge in [-0.25, -0.2) is 0 Å². The van der Waals surface area contributed by atoms with Crippen LogP contribution in [0.25, 0.3) is 0 Å². The van der Waals surface area contributed by atoms with Crippen LogP contribution in [0.5, 0.6) is 5.75 Å². The maximum absolute atomic E-state index is 5.19. The van der Waals surface area contributed by atoms with Gasteiger partial charge in [0.25, 0.3) is 0 Å². The molecule has 1 heterocycles. The molecule has 1 N–H and O–H groups in total. The van der Waals surface area contributed by atoms with Gasteiger partial charge in [-0.3, -0.25) is 4.68 Å². The lowest BCUT2D eigenvalue weighted by molar-refractivity contribution is 0.415. The molecule has 1 aromatic heterocycles. The lowest BCUT2D eigenvalue weighted by Gasteiger charge is -2.09. The summed E-state index contributed by atoms with van der Waals surface area (Å²) in [5.41, 5.74) is 2.15. The number of ether oxygens (including phenoxy) is 1. The third-order valence-electron chi connectivity index (χ3n) is 2.41. The van der Waals surface area contributed by atoms with E-state index in [1.165, 1.54) is 0 Å². The van der Waals surface area contributed by atoms with Gasteiger partial charge in [-0.15, -0.1) is 0 Å². The average molecular weight is 296 g/mol. The summed E-state index contributed by atoms with van der Waals surface area (Å²) in [7, 11) is 3.57. The number of methoxy groups -OCH3 is 1. The van der Waals surface area contributed by atoms with Gasteiger partial charge in [0, 0.05) is 35.9 Å². The first-order valence-electron chi connectivity index (χ1n) is 5.24. The van der Waals surface area contributed by atoms with Gasteiger partial charge < -0.3 is 10.1 Å². The molecule has 0 radical (unpaired) electrons. The van der Waals surface area contributed by atoms with E-state index < -0.39 is 0 Å². The molecule has 90 valence electrons. The number of aryl methyl sites for hydroxylation is 1. The molecule has 0 amide bonds. The highest BCUT2D eigenvalue weighted by molar-refractivity contribution is 9.10. The largest absolute Gasteiger partial charge is 0.497 e. The van der Waals surface area contributed by atoms with Crippen LogP contribution < -0.4 is 10.1 Å². The summed E-state index contributed by atoms with van der Waals surface area (Å²) in [4.78, 5) is 0. The quantitative estimate of drug-likeness (QED) is 0.943. The van der Waals surface area contributed by atoms with Crippen LogP contribution in [0, 0.1) is 0 Å². The molecule has 0 bridgehead atoms. The van der Waals surface area contributed by atoms with Crippen molar-refractivity contribution >= 4 is 21.6 Å². The van der Waals surface area contributed by atoms with E-state index in [-0.39, 0.29) is 0 Å². The Morgan fingerprint density at radius 3 is 2.94 bits per heavy atom. The van der Waals surface area contributed by atoms with E-state index in [4.69, 9.17) is 4.74 Å². The SMILES string of the molecule is COc1ccc(Br)c(NCc2cnn(C)c2)c1. The predicted octanol–water partition coefficient (Wildman–Crippen LogP) is 2.80. The second-order valence-electron chi connectivity index (χ2n) is 3.72. The minimum atomic E-state index is 0.736. The summed E-state index contributed by atoms with van der Waals surface area (Å²) in [6.07, 6.45) is 3.84. The number of halogens is 1. The smallest absolute Gasteiger partial charge is 0.121 e. The van der Waals surface area contributed by atoms with E-state index in [2.05, 4.69) is 26.3 Å². The Kier molecular flexibility index (Phi) is 3.68. The molecule has 0 atom stereocenters. The number of benzene rings is 1. The zero-order valence-electron chi connectivity index (χ0n) is 9.77. The first-order valence-corrected chi connectivity index (χ1v) is 6.03. The molecule has 0 saturated heterocycles. The summed E-state index contributed by atoms with van der Waals surface area (Å²) >= 11 is 3.50. The maximum Gasteiger partial charge on any atom is 0.121 e. The van der Waals surface area contributed by atoms with Gasteiger partial charge in [0.2, 0.25) is 0 Å². The van der Waals surface area contributed by atoms with Crippen LogP contribution in [-0.4, -0.2) is 16.9 Å². The first kappa shape index (κ1) is 12.0. The van der Waals surface area contributed by atoms with Gasteiger partial charge in [0.05, 0.1) is 19.0 Å². The monoisotopic (exact) mass is 295 g/mol. The Labute approximate surface area is 109 Å². The number of nitrogens with zero attached hydrogens (tertiary/aromatic N) is 2. The van der Waals surface area contributed by atoms with E-state index in [1.54, 1.807) is 11.8 Å². The summed E-state index contributed by atoms with van der Waals surface area (Å²) in [5.74, 6) is 0.835. The molecule has 0 aliphatic rings. The van der Waals surface area contributed by atoms with Crippen LogP contribution in [-0.2, 0) is 13.6 Å². The van der Waals surface area contributed by atoms with Crippen molar-refractivity contribution < 1.29 is 4.74 Å². The molecule has 1 aromatic carbocycles. The van der Waals surface area contributed by atoms with E-state index in [0.717, 1.165) is 28.0 Å². The molecule has 17 heavy (non-hydrogen) atoms. The van der Waals surface area contributed by atoms with Gasteiger partial charge in [-0.1, -0.05) is 0 Å². The first-order chi connectivity index (χ1) is 8.19. The zero-order chi connectivity index (χ0) is 12.3. The van der Waals surface area contributed by atoms with Crippen LogP contribution in [0.1, 0.15) is 5.56 Å². The highest BCUT2D eigenvalue weighted by Gasteiger charge is 2.02. The number of rotatable bonds is 4. The summed E-state index contributed by atoms with van der Waals surface area (Å²) in [6.45, 7) is 0.736. The topological polar surface area (TPSA) is 39.1 Å². The summed E-state index contributed by atoms with van der Waals surface area (Å²) in [5, 5.41) is 7.46. The standard InChI is InChI=1S/C12H14BrN3O/c1-16-8-9(7-15-16)6-14-12-5-10(17-2)3-4-11(12)13/h3-5,7-8,14H,6H2,1-2H3. The van der Waals surface area contributed by atoms with Gasteiger partial charge in [-0.05, 0) is 28.1 Å². The Balaban J connectivity index is 2.07. The number of nitrogens with one attached hydrogen (secondary N) is 1. The van der Waals surface area contributed by atoms with Crippen molar-refractivity contribution in [1.82, 2.24) is 9.78 Å². The Morgan fingerprint density at radius 2 is 2.29 bits per heavy atom. The van der Waals surface area contributed by atoms with Gasteiger partial charge in [0.15, 0.2) is 0 Å². The highest BCUT2D eigenvalue weighted by atomic mass is 79.9. The fourth-order valence-corrected chi connectivity index (χ4v) is 1.91. The van der Waals surface area contributed by atoms with Crippen LogP contribution in [0.15, 0.2) is 35.1 Å². The fourth-order valence-electron chi connectivity index (χ4n) is 1.53. The molecule has 2 aromatic rings. The van der Waals surface area contributed by atoms with E-state index in [1.807, 2.05) is 37.6 Å². The van der Waals surface area contributed by atoms with Gasteiger partial charge in [0.1, 0.15) is 5.75 Å². The maximum atomic E-state index is 5.19. The lowest BCUT2D eigenvalue weighted by atomic mass is 10.3. The predicted molar refractivity (Wildman–Crippen MR) is 71.2 cm³/mol. The van der Waals surface area contributed by atoms with E-state index >= 15 is 0 Å². The fraction of sp³-hybridized carbons (Fsp3) is 0.250. The molecule has 0 saturated carbocycles. The van der Waals surface area contributed by atoms with Crippen molar-refractivity contribution in [2.24, 2.45) is 7.05 Å². The van der Waals surface area contributed by atoms with Crippen molar-refractivity contribution in [3.05, 3.63) is 40.6 Å². The van der Waals surface area contributed by atoms with Crippen molar-refractivity contribution in [1.29, 1.82) is 0 Å². The molecule has 4 nitrogen and oxygen atoms in total. The third-order valence-corrected chi connectivity index (χ3v) is 3.11. The molecule has 0 aliphatic carbocycles. The van der Waals surface area contributed by atoms with Crippen LogP contribution in [0.4, 0.5) is 5.69 Å². The van der Waals surface area contributed by atoms with Crippen molar-refractivity contribution in [2.75, 3.05) is 12.4 Å². The van der Waals surface area contributed by atoms with E-state index in [0.29, 0.717) is 0 Å². The summed E-state index contributed by atoms with van der Waals surface area (Å²) in [6, 6.07) is 5.84.